The first-order valence-corrected chi connectivity index (χ1v) is 9.10. The molecule has 4 heteroatoms. The van der Waals surface area contributed by atoms with E-state index in [1.807, 2.05) is 25.7 Å². The second-order valence-corrected chi connectivity index (χ2v) is 8.05. The van der Waals surface area contributed by atoms with Gasteiger partial charge < -0.3 is 15.0 Å². The van der Waals surface area contributed by atoms with Gasteiger partial charge in [0.2, 0.25) is 0 Å². The van der Waals surface area contributed by atoms with Crippen molar-refractivity contribution in [2.45, 2.75) is 90.3 Å². The summed E-state index contributed by atoms with van der Waals surface area (Å²) in [7, 11) is 0. The lowest BCUT2D eigenvalue weighted by Gasteiger charge is -2.30. The van der Waals surface area contributed by atoms with E-state index in [1.165, 1.54) is 32.1 Å². The zero-order valence-corrected chi connectivity index (χ0v) is 14.9. The van der Waals surface area contributed by atoms with Gasteiger partial charge in [0.1, 0.15) is 5.60 Å². The van der Waals surface area contributed by atoms with Gasteiger partial charge in [-0.05, 0) is 59.3 Å². The molecule has 0 radical (unpaired) electrons. The summed E-state index contributed by atoms with van der Waals surface area (Å²) in [5.74, 6) is 0.810. The van der Waals surface area contributed by atoms with Crippen molar-refractivity contribution in [1.29, 1.82) is 0 Å². The van der Waals surface area contributed by atoms with Crippen LogP contribution >= 0.6 is 0 Å². The molecule has 0 saturated heterocycles. The first kappa shape index (κ1) is 17.6. The number of amides is 1. The molecule has 0 spiro atoms. The minimum atomic E-state index is -0.410. The number of ether oxygens (including phenoxy) is 1. The highest BCUT2D eigenvalue weighted by atomic mass is 16.6. The second-order valence-electron chi connectivity index (χ2n) is 8.05. The van der Waals surface area contributed by atoms with Gasteiger partial charge in [-0.25, -0.2) is 4.79 Å². The third kappa shape index (κ3) is 5.79. The Bertz CT molecular complexity index is 355. The lowest BCUT2D eigenvalue weighted by molar-refractivity contribution is 0.0233. The Morgan fingerprint density at radius 1 is 1.18 bits per heavy atom. The SMILES string of the molecule is CC(NCCN(C(=O)OC(C)(C)C)C1CC1)C1CCCCC1. The number of hydrogen-bond acceptors (Lipinski definition) is 3. The summed E-state index contributed by atoms with van der Waals surface area (Å²) in [6, 6.07) is 0.960. The molecule has 2 aliphatic carbocycles. The van der Waals surface area contributed by atoms with Crippen LogP contribution in [0.2, 0.25) is 0 Å². The van der Waals surface area contributed by atoms with Gasteiger partial charge in [0, 0.05) is 25.2 Å². The molecule has 2 fully saturated rings. The first-order chi connectivity index (χ1) is 10.4. The van der Waals surface area contributed by atoms with Crippen LogP contribution in [-0.4, -0.2) is 41.8 Å². The van der Waals surface area contributed by atoms with E-state index in [9.17, 15) is 4.79 Å². The molecule has 0 aliphatic heterocycles. The van der Waals surface area contributed by atoms with Crippen molar-refractivity contribution in [3.63, 3.8) is 0 Å². The van der Waals surface area contributed by atoms with Crippen LogP contribution in [-0.2, 0) is 4.74 Å². The zero-order chi connectivity index (χ0) is 16.2. The molecule has 128 valence electrons. The van der Waals surface area contributed by atoms with Crippen LogP contribution in [0.25, 0.3) is 0 Å². The summed E-state index contributed by atoms with van der Waals surface area (Å²) < 4.78 is 5.53. The molecule has 1 atom stereocenters. The fourth-order valence-corrected chi connectivity index (χ4v) is 3.34. The van der Waals surface area contributed by atoms with Crippen molar-refractivity contribution in [3.8, 4) is 0 Å². The van der Waals surface area contributed by atoms with Crippen molar-refractivity contribution in [2.75, 3.05) is 13.1 Å². The molecule has 1 amide bonds. The number of rotatable bonds is 6. The number of nitrogens with one attached hydrogen (secondary N) is 1. The Hall–Kier alpha value is -0.770. The summed E-state index contributed by atoms with van der Waals surface area (Å²) in [4.78, 5) is 14.2. The van der Waals surface area contributed by atoms with Crippen LogP contribution in [0.4, 0.5) is 4.79 Å². The molecule has 0 aromatic carbocycles. The van der Waals surface area contributed by atoms with Crippen molar-refractivity contribution < 1.29 is 9.53 Å². The van der Waals surface area contributed by atoms with E-state index >= 15 is 0 Å². The Balaban J connectivity index is 1.73. The van der Waals surface area contributed by atoms with Gasteiger partial charge in [0.15, 0.2) is 0 Å². The third-order valence-corrected chi connectivity index (χ3v) is 4.79. The number of carbonyl (C=O) groups excluding carboxylic acids is 1. The highest BCUT2D eigenvalue weighted by Crippen LogP contribution is 2.28. The number of hydrogen-bond donors (Lipinski definition) is 1. The van der Waals surface area contributed by atoms with Crippen molar-refractivity contribution >= 4 is 6.09 Å². The number of nitrogens with zero attached hydrogens (tertiary/aromatic N) is 1. The Labute approximate surface area is 136 Å². The van der Waals surface area contributed by atoms with Crippen molar-refractivity contribution in [1.82, 2.24) is 10.2 Å². The fraction of sp³-hybridized carbons (Fsp3) is 0.944. The molecule has 0 aromatic rings. The molecule has 1 N–H and O–H groups in total. The smallest absolute Gasteiger partial charge is 0.410 e. The van der Waals surface area contributed by atoms with Gasteiger partial charge in [0.25, 0.3) is 0 Å². The Kier molecular flexibility index (Phi) is 6.13. The monoisotopic (exact) mass is 310 g/mol. The molecular weight excluding hydrogens is 276 g/mol. The van der Waals surface area contributed by atoms with Gasteiger partial charge in [-0.3, -0.25) is 0 Å². The normalized spacial score (nSPS) is 21.5. The first-order valence-electron chi connectivity index (χ1n) is 9.10. The largest absolute Gasteiger partial charge is 0.444 e. The lowest BCUT2D eigenvalue weighted by Crippen LogP contribution is -2.44. The maximum Gasteiger partial charge on any atom is 0.410 e. The van der Waals surface area contributed by atoms with Gasteiger partial charge >= 0.3 is 6.09 Å². The molecule has 0 heterocycles. The summed E-state index contributed by atoms with van der Waals surface area (Å²) in [5.41, 5.74) is -0.410. The molecule has 4 nitrogen and oxygen atoms in total. The van der Waals surface area contributed by atoms with E-state index in [-0.39, 0.29) is 6.09 Å². The molecule has 0 aromatic heterocycles. The second kappa shape index (κ2) is 7.67. The molecule has 2 aliphatic rings. The van der Waals surface area contributed by atoms with E-state index < -0.39 is 5.60 Å². The van der Waals surface area contributed by atoms with Crippen LogP contribution in [0.15, 0.2) is 0 Å². The molecule has 2 rings (SSSR count). The topological polar surface area (TPSA) is 41.6 Å². The van der Waals surface area contributed by atoms with Crippen LogP contribution in [0, 0.1) is 5.92 Å². The zero-order valence-electron chi connectivity index (χ0n) is 14.9. The van der Waals surface area contributed by atoms with Crippen LogP contribution in [0.3, 0.4) is 0 Å². The molecule has 2 saturated carbocycles. The summed E-state index contributed by atoms with van der Waals surface area (Å²) >= 11 is 0. The average Bonchev–Trinajstić information content (AvgIpc) is 3.26. The van der Waals surface area contributed by atoms with E-state index in [4.69, 9.17) is 4.74 Å². The maximum atomic E-state index is 12.3. The Morgan fingerprint density at radius 3 is 2.36 bits per heavy atom. The van der Waals surface area contributed by atoms with Gasteiger partial charge in [-0.2, -0.15) is 0 Å². The van der Waals surface area contributed by atoms with E-state index in [0.717, 1.165) is 31.8 Å². The lowest BCUT2D eigenvalue weighted by atomic mass is 9.84. The van der Waals surface area contributed by atoms with Gasteiger partial charge in [0.05, 0.1) is 0 Å². The van der Waals surface area contributed by atoms with Gasteiger partial charge in [-0.1, -0.05) is 19.3 Å². The minimum Gasteiger partial charge on any atom is -0.444 e. The third-order valence-electron chi connectivity index (χ3n) is 4.79. The highest BCUT2D eigenvalue weighted by molar-refractivity contribution is 5.69. The van der Waals surface area contributed by atoms with Crippen LogP contribution in [0.1, 0.15) is 72.6 Å². The maximum absolute atomic E-state index is 12.3. The van der Waals surface area contributed by atoms with Crippen molar-refractivity contribution in [2.24, 2.45) is 5.92 Å². The fourth-order valence-electron chi connectivity index (χ4n) is 3.34. The predicted molar refractivity (Wildman–Crippen MR) is 90.0 cm³/mol. The molecule has 1 unspecified atom stereocenters. The van der Waals surface area contributed by atoms with E-state index in [0.29, 0.717) is 12.1 Å². The number of carbonyl (C=O) groups is 1. The summed E-state index contributed by atoms with van der Waals surface area (Å²) in [6.07, 6.45) is 8.96. The van der Waals surface area contributed by atoms with Crippen LogP contribution in [0.5, 0.6) is 0 Å². The molecule has 22 heavy (non-hydrogen) atoms. The van der Waals surface area contributed by atoms with Crippen LogP contribution < -0.4 is 5.32 Å². The standard InChI is InChI=1S/C18H34N2O2/c1-14(15-8-6-5-7-9-15)19-12-13-20(16-10-11-16)17(21)22-18(2,3)4/h14-16,19H,5-13H2,1-4H3. The predicted octanol–water partition coefficient (Wildman–Crippen LogP) is 3.94. The highest BCUT2D eigenvalue weighted by Gasteiger charge is 2.35. The quantitative estimate of drug-likeness (QED) is 0.808. The van der Waals surface area contributed by atoms with Gasteiger partial charge in [-0.15, -0.1) is 0 Å². The minimum absolute atomic E-state index is 0.151. The molecule has 0 bridgehead atoms. The summed E-state index contributed by atoms with van der Waals surface area (Å²) in [5, 5.41) is 3.63. The van der Waals surface area contributed by atoms with Crippen molar-refractivity contribution in [3.05, 3.63) is 0 Å². The summed E-state index contributed by atoms with van der Waals surface area (Å²) in [6.45, 7) is 9.72. The molecular formula is C18H34N2O2. The Morgan fingerprint density at radius 2 is 1.82 bits per heavy atom. The van der Waals surface area contributed by atoms with E-state index in [1.54, 1.807) is 0 Å². The van der Waals surface area contributed by atoms with E-state index in [2.05, 4.69) is 12.2 Å². The average molecular weight is 310 g/mol.